The summed E-state index contributed by atoms with van der Waals surface area (Å²) in [5.74, 6) is 0. The van der Waals surface area contributed by atoms with Crippen LogP contribution < -0.4 is 0 Å². The van der Waals surface area contributed by atoms with Gasteiger partial charge in [-0.05, 0) is 57.5 Å². The second-order valence-corrected chi connectivity index (χ2v) is 5.82. The van der Waals surface area contributed by atoms with E-state index in [0.29, 0.717) is 0 Å². The van der Waals surface area contributed by atoms with E-state index in [1.54, 1.807) is 11.3 Å². The van der Waals surface area contributed by atoms with Gasteiger partial charge in [0.1, 0.15) is 5.65 Å². The summed E-state index contributed by atoms with van der Waals surface area (Å²) in [5.41, 5.74) is 4.31. The topological polar surface area (TPSA) is 21.1 Å². The Kier molecular flexibility index (Phi) is 3.56. The van der Waals surface area contributed by atoms with Crippen LogP contribution in [0.4, 0.5) is 0 Å². The van der Waals surface area contributed by atoms with Gasteiger partial charge in [-0.1, -0.05) is 6.42 Å². The highest BCUT2D eigenvalue weighted by Crippen LogP contribution is 2.30. The molecule has 0 amide bonds. The molecule has 102 valence electrons. The molecule has 1 aliphatic rings. The van der Waals surface area contributed by atoms with Crippen molar-refractivity contribution < 1.29 is 0 Å². The first-order valence-corrected chi connectivity index (χ1v) is 7.37. The summed E-state index contributed by atoms with van der Waals surface area (Å²) >= 11 is 0. The molecule has 0 saturated carbocycles. The van der Waals surface area contributed by atoms with Gasteiger partial charge in [0.15, 0.2) is 0 Å². The van der Waals surface area contributed by atoms with Gasteiger partial charge < -0.3 is 9.47 Å². The van der Waals surface area contributed by atoms with Gasteiger partial charge in [0.05, 0.1) is 0 Å². The molecule has 0 fully saturated rings. The van der Waals surface area contributed by atoms with Crippen LogP contribution in [0.5, 0.6) is 0 Å². The predicted molar refractivity (Wildman–Crippen MR) is 79.5 cm³/mol. The van der Waals surface area contributed by atoms with Crippen molar-refractivity contribution >= 4 is 11.0 Å². The third-order valence-corrected chi connectivity index (χ3v) is 4.15. The van der Waals surface area contributed by atoms with Crippen molar-refractivity contribution in [3.8, 4) is 0 Å². The molecular formula is C16H23N3. The minimum Gasteiger partial charge on any atom is -0.328 e. The molecular weight excluding hydrogens is 234 g/mol. The molecule has 0 aliphatic heterocycles. The molecule has 0 bridgehead atoms. The van der Waals surface area contributed by atoms with Gasteiger partial charge in [-0.15, -0.1) is 0 Å². The second-order valence-electron chi connectivity index (χ2n) is 5.82. The third kappa shape index (κ3) is 2.39. The first-order chi connectivity index (χ1) is 9.27. The van der Waals surface area contributed by atoms with Crippen LogP contribution in [-0.2, 0) is 19.4 Å². The SMILES string of the molecule is CN(C)CCn1c2c(c3cccnc31)CCCCC2. The van der Waals surface area contributed by atoms with Crippen LogP contribution >= 0.6 is 0 Å². The molecule has 3 nitrogen and oxygen atoms in total. The van der Waals surface area contributed by atoms with Crippen LogP contribution in [0, 0.1) is 0 Å². The van der Waals surface area contributed by atoms with Gasteiger partial charge in [-0.3, -0.25) is 0 Å². The largest absolute Gasteiger partial charge is 0.328 e. The first-order valence-electron chi connectivity index (χ1n) is 7.37. The molecule has 2 aromatic rings. The number of hydrogen-bond acceptors (Lipinski definition) is 2. The number of likely N-dealkylation sites (N-methyl/N-ethyl adjacent to an activating group) is 1. The quantitative estimate of drug-likeness (QED) is 0.788. The summed E-state index contributed by atoms with van der Waals surface area (Å²) < 4.78 is 2.47. The monoisotopic (exact) mass is 257 g/mol. The standard InChI is InChI=1S/C16H23N3/c1-18(2)11-12-19-15-9-5-3-4-7-13(15)14-8-6-10-17-16(14)19/h6,8,10H,3-5,7,9,11-12H2,1-2H3. The van der Waals surface area contributed by atoms with E-state index in [9.17, 15) is 0 Å². The van der Waals surface area contributed by atoms with Crippen LogP contribution in [0.1, 0.15) is 30.5 Å². The van der Waals surface area contributed by atoms with E-state index in [0.717, 1.165) is 13.1 Å². The van der Waals surface area contributed by atoms with Crippen LogP contribution in [-0.4, -0.2) is 35.1 Å². The fourth-order valence-corrected chi connectivity index (χ4v) is 3.17. The molecule has 0 saturated heterocycles. The Morgan fingerprint density at radius 2 is 2.05 bits per heavy atom. The Hall–Kier alpha value is -1.35. The van der Waals surface area contributed by atoms with E-state index < -0.39 is 0 Å². The minimum absolute atomic E-state index is 1.05. The average Bonchev–Trinajstić information content (AvgIpc) is 2.56. The smallest absolute Gasteiger partial charge is 0.140 e. The van der Waals surface area contributed by atoms with Crippen LogP contribution in [0.15, 0.2) is 18.3 Å². The predicted octanol–water partition coefficient (Wildman–Crippen LogP) is 2.87. The molecule has 0 radical (unpaired) electrons. The molecule has 0 spiro atoms. The van der Waals surface area contributed by atoms with Crippen LogP contribution in [0.25, 0.3) is 11.0 Å². The summed E-state index contributed by atoms with van der Waals surface area (Å²) in [6.07, 6.45) is 8.39. The summed E-state index contributed by atoms with van der Waals surface area (Å²) in [4.78, 5) is 6.89. The van der Waals surface area contributed by atoms with Gasteiger partial charge in [0, 0.05) is 30.4 Å². The molecule has 3 heteroatoms. The highest BCUT2D eigenvalue weighted by Gasteiger charge is 2.19. The van der Waals surface area contributed by atoms with Crippen molar-refractivity contribution in [2.75, 3.05) is 20.6 Å². The van der Waals surface area contributed by atoms with Crippen molar-refractivity contribution in [2.24, 2.45) is 0 Å². The fraction of sp³-hybridized carbons (Fsp3) is 0.562. The van der Waals surface area contributed by atoms with Crippen molar-refractivity contribution in [1.29, 1.82) is 0 Å². The second kappa shape index (κ2) is 5.33. The van der Waals surface area contributed by atoms with E-state index in [1.807, 2.05) is 6.20 Å². The van der Waals surface area contributed by atoms with Crippen LogP contribution in [0.3, 0.4) is 0 Å². The van der Waals surface area contributed by atoms with E-state index in [1.165, 1.54) is 43.1 Å². The normalized spacial score (nSPS) is 15.7. The lowest BCUT2D eigenvalue weighted by molar-refractivity contribution is 0.383. The molecule has 2 heterocycles. The van der Waals surface area contributed by atoms with Gasteiger partial charge in [0.2, 0.25) is 0 Å². The van der Waals surface area contributed by atoms with Gasteiger partial charge in [-0.25, -0.2) is 4.98 Å². The zero-order valence-corrected chi connectivity index (χ0v) is 12.0. The summed E-state index contributed by atoms with van der Waals surface area (Å²) in [6.45, 7) is 2.13. The Bertz CT molecular complexity index is 569. The highest BCUT2D eigenvalue weighted by atomic mass is 15.1. The number of pyridine rings is 1. The number of fused-ring (bicyclic) bond motifs is 3. The number of nitrogens with zero attached hydrogens (tertiary/aromatic N) is 3. The summed E-state index contributed by atoms with van der Waals surface area (Å²) in [5, 5.41) is 1.39. The average molecular weight is 257 g/mol. The Morgan fingerprint density at radius 1 is 1.21 bits per heavy atom. The molecule has 0 atom stereocenters. The lowest BCUT2D eigenvalue weighted by atomic mass is 10.1. The van der Waals surface area contributed by atoms with Crippen molar-refractivity contribution in [3.63, 3.8) is 0 Å². The summed E-state index contributed by atoms with van der Waals surface area (Å²) in [7, 11) is 4.27. The van der Waals surface area contributed by atoms with Gasteiger partial charge >= 0.3 is 0 Å². The van der Waals surface area contributed by atoms with E-state index in [4.69, 9.17) is 0 Å². The molecule has 0 unspecified atom stereocenters. The van der Waals surface area contributed by atoms with E-state index >= 15 is 0 Å². The van der Waals surface area contributed by atoms with Crippen molar-refractivity contribution in [2.45, 2.75) is 38.6 Å². The Morgan fingerprint density at radius 3 is 2.89 bits per heavy atom. The fourth-order valence-electron chi connectivity index (χ4n) is 3.17. The maximum Gasteiger partial charge on any atom is 0.140 e. The molecule has 19 heavy (non-hydrogen) atoms. The van der Waals surface area contributed by atoms with Crippen LogP contribution in [0.2, 0.25) is 0 Å². The van der Waals surface area contributed by atoms with Gasteiger partial charge in [-0.2, -0.15) is 0 Å². The third-order valence-electron chi connectivity index (χ3n) is 4.15. The lowest BCUT2D eigenvalue weighted by Gasteiger charge is -2.14. The molecule has 0 N–H and O–H groups in total. The zero-order valence-electron chi connectivity index (χ0n) is 12.0. The van der Waals surface area contributed by atoms with Gasteiger partial charge in [0.25, 0.3) is 0 Å². The van der Waals surface area contributed by atoms with E-state index in [-0.39, 0.29) is 0 Å². The maximum absolute atomic E-state index is 4.64. The van der Waals surface area contributed by atoms with Crippen molar-refractivity contribution in [1.82, 2.24) is 14.5 Å². The van der Waals surface area contributed by atoms with Crippen molar-refractivity contribution in [3.05, 3.63) is 29.6 Å². The zero-order chi connectivity index (χ0) is 13.2. The summed E-state index contributed by atoms with van der Waals surface area (Å²) in [6, 6.07) is 4.32. The Labute approximate surface area is 115 Å². The first kappa shape index (κ1) is 12.7. The Balaban J connectivity index is 2.09. The lowest BCUT2D eigenvalue weighted by Crippen LogP contribution is -2.19. The number of aromatic nitrogens is 2. The molecule has 1 aliphatic carbocycles. The highest BCUT2D eigenvalue weighted by molar-refractivity contribution is 5.82. The minimum atomic E-state index is 1.05. The number of aryl methyl sites for hydroxylation is 1. The maximum atomic E-state index is 4.64. The molecule has 0 aromatic carbocycles. The number of hydrogen-bond donors (Lipinski definition) is 0. The number of rotatable bonds is 3. The van der Waals surface area contributed by atoms with E-state index in [2.05, 4.69) is 40.7 Å². The molecule has 2 aromatic heterocycles. The molecule has 3 rings (SSSR count).